The molecule has 20 heavy (non-hydrogen) atoms. The van der Waals surface area contributed by atoms with Gasteiger partial charge in [-0.05, 0) is 25.3 Å². The number of hydrogen-bond donors (Lipinski definition) is 1. The molecule has 0 atom stereocenters. The molecule has 5 nitrogen and oxygen atoms in total. The van der Waals surface area contributed by atoms with E-state index in [-0.39, 0.29) is 10.6 Å². The second-order valence-corrected chi connectivity index (χ2v) is 4.91. The minimum Gasteiger partial charge on any atom is -0.385 e. The fourth-order valence-electron chi connectivity index (χ4n) is 2.16. The second kappa shape index (κ2) is 8.40. The van der Waals surface area contributed by atoms with Gasteiger partial charge >= 0.3 is 0 Å². The number of nitro benzene ring substituents is 1. The Morgan fingerprint density at radius 1 is 1.10 bits per heavy atom. The van der Waals surface area contributed by atoms with Crippen LogP contribution in [0.4, 0.5) is 17.1 Å². The van der Waals surface area contributed by atoms with Gasteiger partial charge in [-0.2, -0.15) is 0 Å². The van der Waals surface area contributed by atoms with Crippen LogP contribution in [0, 0.1) is 10.1 Å². The van der Waals surface area contributed by atoms with Gasteiger partial charge in [0.15, 0.2) is 0 Å². The SMILES string of the molecule is CCCNc1cc(N(CCC)CCC)cc([N+](=O)[O-])c1. The number of non-ortho nitro benzene ring substituents is 1. The predicted molar refractivity (Wildman–Crippen MR) is 84.7 cm³/mol. The van der Waals surface area contributed by atoms with E-state index in [1.54, 1.807) is 12.1 Å². The highest BCUT2D eigenvalue weighted by atomic mass is 16.6. The molecule has 0 radical (unpaired) electrons. The molecule has 0 aliphatic rings. The van der Waals surface area contributed by atoms with Crippen LogP contribution in [0.3, 0.4) is 0 Å². The molecule has 1 N–H and O–H groups in total. The molecule has 112 valence electrons. The van der Waals surface area contributed by atoms with Crippen LogP contribution in [0.1, 0.15) is 40.0 Å². The van der Waals surface area contributed by atoms with Gasteiger partial charge in [0.05, 0.1) is 4.92 Å². The summed E-state index contributed by atoms with van der Waals surface area (Å²) in [5.74, 6) is 0. The summed E-state index contributed by atoms with van der Waals surface area (Å²) >= 11 is 0. The molecule has 5 heteroatoms. The van der Waals surface area contributed by atoms with Gasteiger partial charge in [-0.15, -0.1) is 0 Å². The van der Waals surface area contributed by atoms with Crippen molar-refractivity contribution in [1.29, 1.82) is 0 Å². The Balaban J connectivity index is 3.07. The lowest BCUT2D eigenvalue weighted by atomic mass is 10.2. The fraction of sp³-hybridized carbons (Fsp3) is 0.600. The zero-order valence-corrected chi connectivity index (χ0v) is 12.7. The summed E-state index contributed by atoms with van der Waals surface area (Å²) in [6.07, 6.45) is 3.05. The van der Waals surface area contributed by atoms with Gasteiger partial charge in [-0.1, -0.05) is 20.8 Å². The zero-order valence-electron chi connectivity index (χ0n) is 12.7. The van der Waals surface area contributed by atoms with Crippen LogP contribution in [0.5, 0.6) is 0 Å². The van der Waals surface area contributed by atoms with Crippen LogP contribution < -0.4 is 10.2 Å². The Labute approximate surface area is 121 Å². The Hall–Kier alpha value is -1.78. The highest BCUT2D eigenvalue weighted by Gasteiger charge is 2.13. The van der Waals surface area contributed by atoms with Crippen molar-refractivity contribution in [3.63, 3.8) is 0 Å². The van der Waals surface area contributed by atoms with Crippen LogP contribution in [0.2, 0.25) is 0 Å². The van der Waals surface area contributed by atoms with E-state index < -0.39 is 0 Å². The number of nitro groups is 1. The smallest absolute Gasteiger partial charge is 0.273 e. The summed E-state index contributed by atoms with van der Waals surface area (Å²) in [6.45, 7) is 8.98. The van der Waals surface area contributed by atoms with Gasteiger partial charge in [0.1, 0.15) is 0 Å². The minimum absolute atomic E-state index is 0.151. The molecule has 0 aliphatic heterocycles. The van der Waals surface area contributed by atoms with E-state index in [0.717, 1.165) is 50.3 Å². The molecule has 0 saturated heterocycles. The molecule has 0 saturated carbocycles. The van der Waals surface area contributed by atoms with Gasteiger partial charge in [0.2, 0.25) is 0 Å². The topological polar surface area (TPSA) is 58.4 Å². The lowest BCUT2D eigenvalue weighted by Gasteiger charge is -2.24. The first-order valence-electron chi connectivity index (χ1n) is 7.40. The number of anilines is 2. The van der Waals surface area contributed by atoms with Crippen LogP contribution in [0.25, 0.3) is 0 Å². The number of rotatable bonds is 9. The van der Waals surface area contributed by atoms with Gasteiger partial charge < -0.3 is 10.2 Å². The number of benzene rings is 1. The fourth-order valence-corrected chi connectivity index (χ4v) is 2.16. The molecule has 0 fully saturated rings. The van der Waals surface area contributed by atoms with Crippen molar-refractivity contribution in [3.8, 4) is 0 Å². The van der Waals surface area contributed by atoms with E-state index in [9.17, 15) is 10.1 Å². The van der Waals surface area contributed by atoms with Crippen molar-refractivity contribution >= 4 is 17.1 Å². The van der Waals surface area contributed by atoms with Crippen molar-refractivity contribution in [2.75, 3.05) is 29.9 Å². The molecule has 0 bridgehead atoms. The molecular weight excluding hydrogens is 254 g/mol. The van der Waals surface area contributed by atoms with E-state index in [1.165, 1.54) is 0 Å². The molecule has 1 aromatic carbocycles. The normalized spacial score (nSPS) is 10.3. The van der Waals surface area contributed by atoms with Crippen molar-refractivity contribution in [1.82, 2.24) is 0 Å². The van der Waals surface area contributed by atoms with Crippen molar-refractivity contribution in [2.45, 2.75) is 40.0 Å². The van der Waals surface area contributed by atoms with Gasteiger partial charge in [-0.3, -0.25) is 10.1 Å². The van der Waals surface area contributed by atoms with Crippen molar-refractivity contribution in [2.24, 2.45) is 0 Å². The van der Waals surface area contributed by atoms with E-state index in [0.29, 0.717) is 0 Å². The average Bonchev–Trinajstić information content (AvgIpc) is 2.44. The first-order chi connectivity index (χ1) is 9.62. The first kappa shape index (κ1) is 16.3. The quantitative estimate of drug-likeness (QED) is 0.547. The molecular formula is C15H25N3O2. The zero-order chi connectivity index (χ0) is 15.0. The summed E-state index contributed by atoms with van der Waals surface area (Å²) in [6, 6.07) is 5.28. The molecule has 0 amide bonds. The Bertz CT molecular complexity index is 429. The molecule has 0 spiro atoms. The van der Waals surface area contributed by atoms with Crippen molar-refractivity contribution in [3.05, 3.63) is 28.3 Å². The van der Waals surface area contributed by atoms with E-state index in [2.05, 4.69) is 31.0 Å². The Morgan fingerprint density at radius 2 is 1.75 bits per heavy atom. The van der Waals surface area contributed by atoms with E-state index in [1.807, 2.05) is 6.07 Å². The first-order valence-corrected chi connectivity index (χ1v) is 7.40. The average molecular weight is 279 g/mol. The summed E-state index contributed by atoms with van der Waals surface area (Å²) in [7, 11) is 0. The lowest BCUT2D eigenvalue weighted by Crippen LogP contribution is -2.25. The second-order valence-electron chi connectivity index (χ2n) is 4.91. The van der Waals surface area contributed by atoms with Gasteiger partial charge in [0.25, 0.3) is 5.69 Å². The summed E-state index contributed by atoms with van der Waals surface area (Å²) < 4.78 is 0. The van der Waals surface area contributed by atoms with Crippen molar-refractivity contribution < 1.29 is 4.92 Å². The predicted octanol–water partition coefficient (Wildman–Crippen LogP) is 4.04. The summed E-state index contributed by atoms with van der Waals surface area (Å²) in [5.41, 5.74) is 1.91. The highest BCUT2D eigenvalue weighted by Crippen LogP contribution is 2.27. The Kier molecular flexibility index (Phi) is 6.84. The molecule has 0 heterocycles. The monoisotopic (exact) mass is 279 g/mol. The van der Waals surface area contributed by atoms with Gasteiger partial charge in [0, 0.05) is 43.1 Å². The minimum atomic E-state index is -0.323. The maximum atomic E-state index is 11.1. The molecule has 0 aliphatic carbocycles. The molecule has 0 unspecified atom stereocenters. The van der Waals surface area contributed by atoms with Crippen LogP contribution in [0.15, 0.2) is 18.2 Å². The lowest BCUT2D eigenvalue weighted by molar-refractivity contribution is -0.384. The van der Waals surface area contributed by atoms with Crippen LogP contribution in [-0.2, 0) is 0 Å². The van der Waals surface area contributed by atoms with Gasteiger partial charge in [-0.25, -0.2) is 0 Å². The molecule has 0 aromatic heterocycles. The largest absolute Gasteiger partial charge is 0.385 e. The molecule has 1 aromatic rings. The highest BCUT2D eigenvalue weighted by molar-refractivity contribution is 5.64. The van der Waals surface area contributed by atoms with E-state index >= 15 is 0 Å². The summed E-state index contributed by atoms with van der Waals surface area (Å²) in [5, 5.41) is 14.3. The third-order valence-electron chi connectivity index (χ3n) is 3.04. The van der Waals surface area contributed by atoms with Crippen LogP contribution >= 0.6 is 0 Å². The maximum Gasteiger partial charge on any atom is 0.273 e. The summed E-state index contributed by atoms with van der Waals surface area (Å²) in [4.78, 5) is 13.0. The molecule has 1 rings (SSSR count). The number of nitrogens with one attached hydrogen (secondary N) is 1. The maximum absolute atomic E-state index is 11.1. The standard InChI is InChI=1S/C15H25N3O2/c1-4-7-16-13-10-14(12-15(11-13)18(19)20)17(8-5-2)9-6-3/h10-12,16H,4-9H2,1-3H3. The third-order valence-corrected chi connectivity index (χ3v) is 3.04. The van der Waals surface area contributed by atoms with Crippen LogP contribution in [-0.4, -0.2) is 24.6 Å². The van der Waals surface area contributed by atoms with E-state index in [4.69, 9.17) is 0 Å². The Morgan fingerprint density at radius 3 is 2.25 bits per heavy atom. The third kappa shape index (κ3) is 4.72. The number of nitrogens with zero attached hydrogens (tertiary/aromatic N) is 2. The number of hydrogen-bond acceptors (Lipinski definition) is 4.